The highest BCUT2D eigenvalue weighted by molar-refractivity contribution is 7.99. The SMILES string of the molecule is CC1=C(C(=O)Nc2ccccc2)[C@@H](c2ccc(C(C)C)cc2)n2c(s/c(=C/c3ccc(Sc4nc(C)cc(=O)[nH]4)o3)c2=O)=N1. The van der Waals surface area contributed by atoms with E-state index in [0.717, 1.165) is 11.1 Å². The summed E-state index contributed by atoms with van der Waals surface area (Å²) in [5.41, 5.74) is 3.65. The number of thiazole rings is 1. The van der Waals surface area contributed by atoms with Crippen LogP contribution in [0.5, 0.6) is 0 Å². The molecule has 2 aromatic carbocycles. The number of H-pyrrole nitrogens is 1. The average Bonchev–Trinajstić information content (AvgIpc) is 3.55. The zero-order valence-electron chi connectivity index (χ0n) is 24.5. The number of anilines is 1. The van der Waals surface area contributed by atoms with E-state index in [9.17, 15) is 14.4 Å². The smallest absolute Gasteiger partial charge is 0.271 e. The number of benzene rings is 2. The molecule has 6 rings (SSSR count). The molecule has 222 valence electrons. The fraction of sp³-hybridized carbons (Fsp3) is 0.182. The molecule has 1 aliphatic heterocycles. The van der Waals surface area contributed by atoms with E-state index in [1.807, 2.05) is 54.6 Å². The van der Waals surface area contributed by atoms with Crippen LogP contribution in [0.15, 0.2) is 113 Å². The van der Waals surface area contributed by atoms with Crippen molar-refractivity contribution in [3.63, 3.8) is 0 Å². The molecule has 0 aliphatic carbocycles. The van der Waals surface area contributed by atoms with Crippen molar-refractivity contribution in [2.24, 2.45) is 4.99 Å². The first kappa shape index (κ1) is 29.3. The number of aromatic amines is 1. The summed E-state index contributed by atoms with van der Waals surface area (Å²) in [6.07, 6.45) is 1.67. The van der Waals surface area contributed by atoms with Gasteiger partial charge in [0.2, 0.25) is 0 Å². The third kappa shape index (κ3) is 6.01. The van der Waals surface area contributed by atoms with Crippen LogP contribution in [0.4, 0.5) is 5.69 Å². The molecule has 0 fully saturated rings. The van der Waals surface area contributed by atoms with Crippen LogP contribution in [-0.4, -0.2) is 20.4 Å². The number of furan rings is 1. The van der Waals surface area contributed by atoms with E-state index in [2.05, 4.69) is 29.1 Å². The maximum atomic E-state index is 14.0. The number of hydrogen-bond acceptors (Lipinski definition) is 8. The highest BCUT2D eigenvalue weighted by Crippen LogP contribution is 2.32. The number of carbonyl (C=O) groups is 1. The minimum absolute atomic E-state index is 0.242. The summed E-state index contributed by atoms with van der Waals surface area (Å²) in [5, 5.41) is 3.90. The number of allylic oxidation sites excluding steroid dienone is 1. The Hall–Kier alpha value is -4.74. The molecule has 0 unspecified atom stereocenters. The van der Waals surface area contributed by atoms with Crippen LogP contribution in [0.2, 0.25) is 0 Å². The van der Waals surface area contributed by atoms with Crippen LogP contribution in [-0.2, 0) is 4.79 Å². The van der Waals surface area contributed by atoms with Gasteiger partial charge >= 0.3 is 0 Å². The number of nitrogens with one attached hydrogen (secondary N) is 2. The van der Waals surface area contributed by atoms with Crippen LogP contribution < -0.4 is 25.8 Å². The van der Waals surface area contributed by atoms with Crippen LogP contribution >= 0.6 is 23.1 Å². The van der Waals surface area contributed by atoms with E-state index >= 15 is 0 Å². The number of para-hydroxylation sites is 1. The van der Waals surface area contributed by atoms with Gasteiger partial charge in [-0.1, -0.05) is 67.6 Å². The molecule has 4 heterocycles. The predicted molar refractivity (Wildman–Crippen MR) is 172 cm³/mol. The Labute approximate surface area is 260 Å². The molecule has 2 N–H and O–H groups in total. The number of aromatic nitrogens is 3. The van der Waals surface area contributed by atoms with Crippen LogP contribution in [0, 0.1) is 6.92 Å². The third-order valence-electron chi connectivity index (χ3n) is 7.14. The molecule has 0 bridgehead atoms. The highest BCUT2D eigenvalue weighted by atomic mass is 32.2. The summed E-state index contributed by atoms with van der Waals surface area (Å²) in [5.74, 6) is 0.478. The lowest BCUT2D eigenvalue weighted by molar-refractivity contribution is -0.113. The van der Waals surface area contributed by atoms with Crippen molar-refractivity contribution in [1.82, 2.24) is 14.5 Å². The molecule has 0 radical (unpaired) electrons. The average molecular weight is 624 g/mol. The first-order valence-corrected chi connectivity index (χ1v) is 15.6. The molecular formula is C33H29N5O4S2. The summed E-state index contributed by atoms with van der Waals surface area (Å²) in [7, 11) is 0. The maximum Gasteiger partial charge on any atom is 0.271 e. The van der Waals surface area contributed by atoms with Gasteiger partial charge in [0.25, 0.3) is 17.0 Å². The summed E-state index contributed by atoms with van der Waals surface area (Å²) in [4.78, 5) is 51.8. The van der Waals surface area contributed by atoms with E-state index < -0.39 is 6.04 Å². The Bertz CT molecular complexity index is 2140. The lowest BCUT2D eigenvalue weighted by Gasteiger charge is -2.25. The monoisotopic (exact) mass is 623 g/mol. The Morgan fingerprint density at radius 2 is 1.82 bits per heavy atom. The fourth-order valence-corrected chi connectivity index (χ4v) is 6.83. The minimum Gasteiger partial charge on any atom is -0.450 e. The molecule has 3 aromatic heterocycles. The van der Waals surface area contributed by atoms with Gasteiger partial charge in [-0.2, -0.15) is 0 Å². The molecule has 1 aliphatic rings. The van der Waals surface area contributed by atoms with Crippen molar-refractivity contribution in [2.75, 3.05) is 5.32 Å². The zero-order valence-corrected chi connectivity index (χ0v) is 26.1. The number of aryl methyl sites for hydroxylation is 1. The van der Waals surface area contributed by atoms with E-state index in [1.165, 1.54) is 29.2 Å². The number of nitrogens with zero attached hydrogens (tertiary/aromatic N) is 3. The third-order valence-corrected chi connectivity index (χ3v) is 8.93. The van der Waals surface area contributed by atoms with E-state index in [1.54, 1.807) is 36.6 Å². The second kappa shape index (κ2) is 12.1. The largest absolute Gasteiger partial charge is 0.450 e. The molecule has 9 nitrogen and oxygen atoms in total. The quantitative estimate of drug-likeness (QED) is 0.242. The molecule has 1 amide bonds. The highest BCUT2D eigenvalue weighted by Gasteiger charge is 2.32. The van der Waals surface area contributed by atoms with Gasteiger partial charge in [0.1, 0.15) is 5.76 Å². The van der Waals surface area contributed by atoms with Gasteiger partial charge in [0.05, 0.1) is 21.8 Å². The van der Waals surface area contributed by atoms with E-state index in [0.29, 0.717) is 53.9 Å². The van der Waals surface area contributed by atoms with Crippen molar-refractivity contribution in [1.29, 1.82) is 0 Å². The van der Waals surface area contributed by atoms with Crippen molar-refractivity contribution < 1.29 is 9.21 Å². The van der Waals surface area contributed by atoms with Gasteiger partial charge in [0.15, 0.2) is 15.1 Å². The van der Waals surface area contributed by atoms with Crippen LogP contribution in [0.25, 0.3) is 6.08 Å². The number of rotatable bonds is 7. The van der Waals surface area contributed by atoms with Gasteiger partial charge in [-0.25, -0.2) is 9.98 Å². The molecule has 5 aromatic rings. The van der Waals surface area contributed by atoms with E-state index in [-0.39, 0.29) is 17.0 Å². The maximum absolute atomic E-state index is 14.0. The molecule has 1 atom stereocenters. The van der Waals surface area contributed by atoms with Crippen molar-refractivity contribution in [3.8, 4) is 0 Å². The summed E-state index contributed by atoms with van der Waals surface area (Å²) >= 11 is 2.42. The summed E-state index contributed by atoms with van der Waals surface area (Å²) in [6, 6.07) is 21.5. The lowest BCUT2D eigenvalue weighted by atomic mass is 9.93. The Morgan fingerprint density at radius 1 is 1.07 bits per heavy atom. The Morgan fingerprint density at radius 3 is 2.52 bits per heavy atom. The van der Waals surface area contributed by atoms with E-state index in [4.69, 9.17) is 9.41 Å². The van der Waals surface area contributed by atoms with Gasteiger partial charge < -0.3 is 14.7 Å². The second-order valence-electron chi connectivity index (χ2n) is 10.7. The van der Waals surface area contributed by atoms with Gasteiger partial charge in [-0.3, -0.25) is 19.0 Å². The van der Waals surface area contributed by atoms with Gasteiger partial charge in [-0.05, 0) is 66.9 Å². The normalized spacial score (nSPS) is 14.9. The fourth-order valence-electron chi connectivity index (χ4n) is 5.00. The van der Waals surface area contributed by atoms with Crippen molar-refractivity contribution in [2.45, 2.75) is 49.9 Å². The van der Waals surface area contributed by atoms with Crippen molar-refractivity contribution >= 4 is 40.8 Å². The van der Waals surface area contributed by atoms with Gasteiger partial charge in [0, 0.05) is 23.5 Å². The standard InChI is InChI=1S/C33H29N5O4S2/c1-18(2)21-10-12-22(13-11-21)29-28(30(40)36-23-8-6-5-7-9-23)20(4)35-33-38(29)31(41)25(43-33)17-24-14-15-27(42-24)44-32-34-19(3)16-26(39)37-32/h5-18,29H,1-4H3,(H,36,40)(H,34,37,39)/b25-17+/t29-/m1/s1. The Kier molecular flexibility index (Phi) is 8.07. The zero-order chi connectivity index (χ0) is 31.0. The van der Waals surface area contributed by atoms with Crippen LogP contribution in [0.1, 0.15) is 55.3 Å². The summed E-state index contributed by atoms with van der Waals surface area (Å²) in [6.45, 7) is 7.79. The first-order valence-electron chi connectivity index (χ1n) is 14.0. The lowest BCUT2D eigenvalue weighted by Crippen LogP contribution is -2.40. The summed E-state index contributed by atoms with van der Waals surface area (Å²) < 4.78 is 7.96. The topological polar surface area (TPSA) is 122 Å². The number of fused-ring (bicyclic) bond motifs is 1. The van der Waals surface area contributed by atoms with Crippen LogP contribution in [0.3, 0.4) is 0 Å². The molecule has 0 saturated carbocycles. The molecule has 11 heteroatoms. The van der Waals surface area contributed by atoms with Crippen molar-refractivity contribution in [3.05, 3.63) is 137 Å². The number of hydrogen-bond donors (Lipinski definition) is 2. The molecular weight excluding hydrogens is 595 g/mol. The van der Waals surface area contributed by atoms with Gasteiger partial charge in [-0.15, -0.1) is 0 Å². The molecule has 0 spiro atoms. The number of amides is 1. The minimum atomic E-state index is -0.676. The first-order chi connectivity index (χ1) is 21.2. The molecule has 44 heavy (non-hydrogen) atoms. The number of carbonyl (C=O) groups excluding carboxylic acids is 1. The Balaban J connectivity index is 1.41. The predicted octanol–water partition coefficient (Wildman–Crippen LogP) is 5.13. The molecule has 0 saturated heterocycles. The second-order valence-corrected chi connectivity index (χ2v) is 12.7.